The highest BCUT2D eigenvalue weighted by Crippen LogP contribution is 2.08. The minimum Gasteiger partial charge on any atom is -0.368 e. The molecule has 0 saturated carbocycles. The minimum absolute atomic E-state index is 0.0297. The average Bonchev–Trinajstić information content (AvgIpc) is 2.35. The molecule has 0 aliphatic heterocycles. The number of nitrogens with two attached hydrogens (primary N) is 1. The zero-order valence-corrected chi connectivity index (χ0v) is 10.5. The number of nitrogens with one attached hydrogen (secondary N) is 1. The van der Waals surface area contributed by atoms with Crippen molar-refractivity contribution in [3.63, 3.8) is 0 Å². The fourth-order valence-electron chi connectivity index (χ4n) is 1.52. The Balaban J connectivity index is 2.78. The third-order valence-corrected chi connectivity index (χ3v) is 2.88. The Morgan fingerprint density at radius 2 is 2.00 bits per heavy atom. The van der Waals surface area contributed by atoms with Crippen molar-refractivity contribution in [3.05, 3.63) is 30.1 Å². The van der Waals surface area contributed by atoms with E-state index in [9.17, 15) is 9.59 Å². The van der Waals surface area contributed by atoms with Gasteiger partial charge in [-0.15, -0.1) is 0 Å². The summed E-state index contributed by atoms with van der Waals surface area (Å²) in [6.45, 7) is 3.77. The van der Waals surface area contributed by atoms with E-state index in [2.05, 4.69) is 5.32 Å². The number of pyridine rings is 1. The lowest BCUT2D eigenvalue weighted by Gasteiger charge is -2.20. The van der Waals surface area contributed by atoms with Crippen molar-refractivity contribution in [1.29, 1.82) is 0 Å². The van der Waals surface area contributed by atoms with Gasteiger partial charge in [-0.2, -0.15) is 0 Å². The molecule has 1 aromatic rings. The van der Waals surface area contributed by atoms with Gasteiger partial charge in [0.1, 0.15) is 6.04 Å². The standard InChI is InChI=1S/C12H17N3O3/c1-3-8(2)10(11(13)16)14-12(17)9-4-6-15(18)7-5-9/h4-8,10H,3H2,1-2H3,(H3-,13,14,16,17,18)/p+1. The van der Waals surface area contributed by atoms with Gasteiger partial charge in [-0.1, -0.05) is 20.3 Å². The van der Waals surface area contributed by atoms with Crippen LogP contribution in [0.25, 0.3) is 0 Å². The number of carbonyl (C=O) groups excluding carboxylic acids is 2. The number of primary amides is 1. The summed E-state index contributed by atoms with van der Waals surface area (Å²) in [6, 6.07) is 2.21. The van der Waals surface area contributed by atoms with Crippen LogP contribution in [0.5, 0.6) is 0 Å². The number of rotatable bonds is 5. The van der Waals surface area contributed by atoms with Crippen LogP contribution in [-0.4, -0.2) is 23.1 Å². The van der Waals surface area contributed by atoms with Gasteiger partial charge < -0.3 is 11.1 Å². The van der Waals surface area contributed by atoms with Crippen molar-refractivity contribution in [2.75, 3.05) is 0 Å². The zero-order valence-electron chi connectivity index (χ0n) is 10.5. The summed E-state index contributed by atoms with van der Waals surface area (Å²) in [5, 5.41) is 11.6. The summed E-state index contributed by atoms with van der Waals surface area (Å²) in [5.41, 5.74) is 5.62. The molecule has 0 bridgehead atoms. The first-order chi connectivity index (χ1) is 8.45. The molecule has 6 heteroatoms. The summed E-state index contributed by atoms with van der Waals surface area (Å²) in [6.07, 6.45) is 3.40. The maximum absolute atomic E-state index is 11.9. The summed E-state index contributed by atoms with van der Waals surface area (Å²) in [5.74, 6) is -0.969. The highest BCUT2D eigenvalue weighted by Gasteiger charge is 2.24. The number of amides is 2. The molecule has 4 N–H and O–H groups in total. The summed E-state index contributed by atoms with van der Waals surface area (Å²) in [7, 11) is 0. The molecule has 0 spiro atoms. The van der Waals surface area contributed by atoms with Crippen molar-refractivity contribution in [1.82, 2.24) is 5.32 Å². The Morgan fingerprint density at radius 1 is 1.44 bits per heavy atom. The van der Waals surface area contributed by atoms with E-state index in [0.717, 1.165) is 11.2 Å². The lowest BCUT2D eigenvalue weighted by Crippen LogP contribution is -2.48. The van der Waals surface area contributed by atoms with Gasteiger partial charge in [-0.05, 0) is 5.92 Å². The van der Waals surface area contributed by atoms with Crippen molar-refractivity contribution in [2.45, 2.75) is 26.3 Å². The van der Waals surface area contributed by atoms with E-state index in [1.807, 2.05) is 13.8 Å². The molecule has 2 amide bonds. The SMILES string of the molecule is CCC(C)C(NC(=O)c1cc[n+](O)cc1)C(N)=O. The molecule has 0 radical (unpaired) electrons. The van der Waals surface area contributed by atoms with Gasteiger partial charge in [-0.25, -0.2) is 0 Å². The normalized spacial score (nSPS) is 13.7. The van der Waals surface area contributed by atoms with Crippen molar-refractivity contribution in [2.24, 2.45) is 11.7 Å². The maximum atomic E-state index is 11.9. The molecule has 1 aromatic heterocycles. The van der Waals surface area contributed by atoms with Gasteiger partial charge in [0.15, 0.2) is 0 Å². The molecule has 0 aliphatic rings. The fraction of sp³-hybridized carbons (Fsp3) is 0.417. The second kappa shape index (κ2) is 6.00. The van der Waals surface area contributed by atoms with Crippen molar-refractivity contribution >= 4 is 11.8 Å². The predicted octanol–water partition coefficient (Wildman–Crippen LogP) is -0.159. The molecule has 0 aliphatic carbocycles. The van der Waals surface area contributed by atoms with E-state index in [-0.39, 0.29) is 11.8 Å². The van der Waals surface area contributed by atoms with Crippen LogP contribution in [0.1, 0.15) is 30.6 Å². The zero-order chi connectivity index (χ0) is 13.7. The topological polar surface area (TPSA) is 96.3 Å². The molecular weight excluding hydrogens is 234 g/mol. The Kier molecular flexibility index (Phi) is 4.65. The quantitative estimate of drug-likeness (QED) is 0.502. The lowest BCUT2D eigenvalue weighted by molar-refractivity contribution is -0.904. The lowest BCUT2D eigenvalue weighted by atomic mass is 9.98. The van der Waals surface area contributed by atoms with E-state index in [4.69, 9.17) is 10.9 Å². The average molecular weight is 252 g/mol. The predicted molar refractivity (Wildman–Crippen MR) is 63.7 cm³/mol. The van der Waals surface area contributed by atoms with Gasteiger partial charge in [0, 0.05) is 16.9 Å². The number of nitrogens with zero attached hydrogens (tertiary/aromatic N) is 1. The molecule has 6 nitrogen and oxygen atoms in total. The van der Waals surface area contributed by atoms with Crippen LogP contribution in [0.3, 0.4) is 0 Å². The molecule has 98 valence electrons. The Morgan fingerprint density at radius 3 is 2.44 bits per heavy atom. The molecular formula is C12H18N3O3+. The van der Waals surface area contributed by atoms with Gasteiger partial charge in [-0.3, -0.25) is 14.8 Å². The van der Waals surface area contributed by atoms with Crippen LogP contribution in [0, 0.1) is 5.92 Å². The van der Waals surface area contributed by atoms with Crippen LogP contribution in [0.15, 0.2) is 24.5 Å². The van der Waals surface area contributed by atoms with Crippen LogP contribution in [0.2, 0.25) is 0 Å². The molecule has 0 fully saturated rings. The van der Waals surface area contributed by atoms with Crippen molar-refractivity contribution in [3.8, 4) is 0 Å². The maximum Gasteiger partial charge on any atom is 0.252 e. The number of carbonyl (C=O) groups is 2. The molecule has 1 rings (SSSR count). The fourth-order valence-corrected chi connectivity index (χ4v) is 1.52. The molecule has 2 unspecified atom stereocenters. The smallest absolute Gasteiger partial charge is 0.252 e. The van der Waals surface area contributed by atoms with Gasteiger partial charge in [0.05, 0.1) is 5.56 Å². The number of hydrogen-bond donors (Lipinski definition) is 3. The highest BCUT2D eigenvalue weighted by atomic mass is 16.5. The Labute approximate surface area is 105 Å². The second-order valence-corrected chi connectivity index (χ2v) is 4.21. The molecule has 0 aromatic carbocycles. The van der Waals surface area contributed by atoms with Crippen LogP contribution >= 0.6 is 0 Å². The van der Waals surface area contributed by atoms with Gasteiger partial charge >= 0.3 is 0 Å². The Bertz CT molecular complexity index is 431. The third kappa shape index (κ3) is 3.44. The monoisotopic (exact) mass is 252 g/mol. The molecule has 1 heterocycles. The molecule has 2 atom stereocenters. The van der Waals surface area contributed by atoms with Crippen LogP contribution < -0.4 is 15.8 Å². The van der Waals surface area contributed by atoms with Crippen LogP contribution in [0.4, 0.5) is 0 Å². The summed E-state index contributed by atoms with van der Waals surface area (Å²) in [4.78, 5) is 23.2. The first-order valence-corrected chi connectivity index (χ1v) is 5.76. The molecule has 0 saturated heterocycles. The van der Waals surface area contributed by atoms with E-state index < -0.39 is 11.9 Å². The Hall–Kier alpha value is -2.11. The van der Waals surface area contributed by atoms with E-state index >= 15 is 0 Å². The molecule has 18 heavy (non-hydrogen) atoms. The van der Waals surface area contributed by atoms with E-state index in [1.54, 1.807) is 0 Å². The third-order valence-electron chi connectivity index (χ3n) is 2.88. The summed E-state index contributed by atoms with van der Waals surface area (Å²) < 4.78 is 0.830. The number of hydrogen-bond acceptors (Lipinski definition) is 3. The second-order valence-electron chi connectivity index (χ2n) is 4.21. The first kappa shape index (κ1) is 14.0. The van der Waals surface area contributed by atoms with E-state index in [1.165, 1.54) is 24.5 Å². The first-order valence-electron chi connectivity index (χ1n) is 5.76. The number of aromatic nitrogens is 1. The van der Waals surface area contributed by atoms with Gasteiger partial charge in [0.2, 0.25) is 18.3 Å². The van der Waals surface area contributed by atoms with E-state index in [0.29, 0.717) is 5.56 Å². The van der Waals surface area contributed by atoms with Gasteiger partial charge in [0.25, 0.3) is 5.91 Å². The van der Waals surface area contributed by atoms with Crippen LogP contribution in [-0.2, 0) is 4.79 Å². The summed E-state index contributed by atoms with van der Waals surface area (Å²) >= 11 is 0. The largest absolute Gasteiger partial charge is 0.368 e. The minimum atomic E-state index is -0.691. The highest BCUT2D eigenvalue weighted by molar-refractivity contribution is 5.97. The van der Waals surface area contributed by atoms with Crippen molar-refractivity contribution < 1.29 is 19.5 Å².